The predicted octanol–water partition coefficient (Wildman–Crippen LogP) is 4.57. The topological polar surface area (TPSA) is 115 Å². The number of esters is 2. The van der Waals surface area contributed by atoms with E-state index in [9.17, 15) is 19.2 Å². The maximum atomic E-state index is 13.3. The number of carbonyl (C=O) groups is 4. The van der Waals surface area contributed by atoms with Crippen LogP contribution in [0.2, 0.25) is 0 Å². The van der Waals surface area contributed by atoms with E-state index in [4.69, 9.17) is 9.47 Å². The molecule has 0 radical (unpaired) electrons. The molecule has 218 valence electrons. The smallest absolute Gasteiger partial charge is 0.308 e. The first-order valence-electron chi connectivity index (χ1n) is 13.8. The van der Waals surface area contributed by atoms with Gasteiger partial charge in [-0.25, -0.2) is 4.98 Å². The number of amides is 2. The molecule has 1 N–H and O–H groups in total. The Bertz CT molecular complexity index is 1160. The molecule has 1 fully saturated rings. The van der Waals surface area contributed by atoms with Gasteiger partial charge in [0.2, 0.25) is 5.91 Å². The zero-order chi connectivity index (χ0) is 29.4. The van der Waals surface area contributed by atoms with Gasteiger partial charge in [0.15, 0.2) is 6.10 Å². The van der Waals surface area contributed by atoms with Crippen LogP contribution >= 0.6 is 11.3 Å². The molecular formula is C30H41N3O6S. The van der Waals surface area contributed by atoms with Crippen molar-refractivity contribution in [1.29, 1.82) is 0 Å². The minimum Gasteiger partial charge on any atom is -0.469 e. The number of nitrogens with one attached hydrogen (secondary N) is 1. The van der Waals surface area contributed by atoms with Gasteiger partial charge in [0.05, 0.1) is 13.0 Å². The summed E-state index contributed by atoms with van der Waals surface area (Å²) in [4.78, 5) is 56.5. The van der Waals surface area contributed by atoms with Crippen LogP contribution in [-0.4, -0.2) is 59.9 Å². The summed E-state index contributed by atoms with van der Waals surface area (Å²) < 4.78 is 10.5. The number of nitrogens with zero attached hydrogens (tertiary/aromatic N) is 2. The second-order valence-electron chi connectivity index (χ2n) is 11.0. The van der Waals surface area contributed by atoms with E-state index >= 15 is 0 Å². The van der Waals surface area contributed by atoms with Crippen molar-refractivity contribution in [3.05, 3.63) is 52.0 Å². The Morgan fingerprint density at radius 1 is 1.10 bits per heavy atom. The van der Waals surface area contributed by atoms with Crippen LogP contribution in [0, 0.1) is 17.8 Å². The predicted molar refractivity (Wildman–Crippen MR) is 153 cm³/mol. The maximum Gasteiger partial charge on any atom is 0.308 e. The van der Waals surface area contributed by atoms with E-state index in [0.717, 1.165) is 18.4 Å². The van der Waals surface area contributed by atoms with E-state index in [1.54, 1.807) is 24.3 Å². The molecule has 1 aromatic carbocycles. The lowest BCUT2D eigenvalue weighted by Crippen LogP contribution is -2.42. The van der Waals surface area contributed by atoms with Gasteiger partial charge in [-0.15, -0.1) is 11.3 Å². The molecule has 1 aromatic heterocycles. The molecule has 0 aliphatic heterocycles. The van der Waals surface area contributed by atoms with E-state index in [1.807, 2.05) is 44.2 Å². The molecule has 0 spiro atoms. The Kier molecular flexibility index (Phi) is 11.2. The molecule has 0 saturated heterocycles. The van der Waals surface area contributed by atoms with Crippen molar-refractivity contribution in [2.75, 3.05) is 14.2 Å². The number of methoxy groups -OCH3 is 1. The Morgan fingerprint density at radius 2 is 1.77 bits per heavy atom. The molecule has 1 heterocycles. The molecule has 1 saturated carbocycles. The van der Waals surface area contributed by atoms with Crippen LogP contribution in [0.15, 0.2) is 35.7 Å². The summed E-state index contributed by atoms with van der Waals surface area (Å²) in [6.07, 6.45) is 2.46. The molecule has 40 heavy (non-hydrogen) atoms. The maximum absolute atomic E-state index is 13.3. The third-order valence-corrected chi connectivity index (χ3v) is 8.17. The zero-order valence-corrected chi connectivity index (χ0v) is 25.0. The Balaban J connectivity index is 1.77. The van der Waals surface area contributed by atoms with Gasteiger partial charge >= 0.3 is 11.9 Å². The fraction of sp³-hybridized carbons (Fsp3) is 0.567. The number of carbonyl (C=O) groups excluding carboxylic acids is 4. The first-order valence-corrected chi connectivity index (χ1v) is 14.7. The van der Waals surface area contributed by atoms with E-state index < -0.39 is 18.0 Å². The molecule has 2 amide bonds. The van der Waals surface area contributed by atoms with Gasteiger partial charge in [-0.3, -0.25) is 19.2 Å². The normalized spacial score (nSPS) is 16.0. The van der Waals surface area contributed by atoms with Crippen LogP contribution in [0.25, 0.3) is 0 Å². The molecular weight excluding hydrogens is 530 g/mol. The second-order valence-corrected chi connectivity index (χ2v) is 11.8. The molecule has 2 aromatic rings. The van der Waals surface area contributed by atoms with Crippen molar-refractivity contribution >= 4 is 35.1 Å². The Labute approximate surface area is 240 Å². The summed E-state index contributed by atoms with van der Waals surface area (Å²) in [5, 5.41) is 5.18. The molecule has 3 rings (SSSR count). The summed E-state index contributed by atoms with van der Waals surface area (Å²) in [6, 6.07) is 9.25. The first-order chi connectivity index (χ1) is 19.0. The van der Waals surface area contributed by atoms with Crippen molar-refractivity contribution in [3.63, 3.8) is 0 Å². The average Bonchev–Trinajstić information content (AvgIpc) is 3.65. The first kappa shape index (κ1) is 31.3. The van der Waals surface area contributed by atoms with Crippen molar-refractivity contribution in [2.45, 2.75) is 78.0 Å². The molecule has 1 aliphatic rings. The third-order valence-electron chi connectivity index (χ3n) is 7.24. The summed E-state index contributed by atoms with van der Waals surface area (Å²) in [7, 11) is 3.16. The lowest BCUT2D eigenvalue weighted by atomic mass is 9.96. The molecule has 4 atom stereocenters. The van der Waals surface area contributed by atoms with Gasteiger partial charge in [-0.1, -0.05) is 51.1 Å². The number of benzene rings is 1. The number of aromatic nitrogens is 1. The van der Waals surface area contributed by atoms with Crippen LogP contribution in [0.4, 0.5) is 0 Å². The summed E-state index contributed by atoms with van der Waals surface area (Å²) in [5.74, 6) is -1.24. The number of thiazole rings is 1. The SMILES string of the molecule is COC(=O)[C@@H](C)C[C@H](Cc1ccccc1)NC(=O)c1csc([C@@H](CC(C(C)C)N(C)C(=O)C2CC2)OC(C)=O)n1. The molecule has 1 unspecified atom stereocenters. The van der Waals surface area contributed by atoms with Gasteiger partial charge in [0.25, 0.3) is 5.91 Å². The summed E-state index contributed by atoms with van der Waals surface area (Å²) >= 11 is 1.25. The van der Waals surface area contributed by atoms with E-state index in [-0.39, 0.29) is 47.4 Å². The molecule has 9 nitrogen and oxygen atoms in total. The van der Waals surface area contributed by atoms with Crippen molar-refractivity contribution in [2.24, 2.45) is 17.8 Å². The second kappa shape index (κ2) is 14.4. The van der Waals surface area contributed by atoms with Crippen LogP contribution in [0.3, 0.4) is 0 Å². The molecule has 0 bridgehead atoms. The lowest BCUT2D eigenvalue weighted by molar-refractivity contribution is -0.148. The molecule has 10 heteroatoms. The molecule has 1 aliphatic carbocycles. The largest absolute Gasteiger partial charge is 0.469 e. The van der Waals surface area contributed by atoms with Gasteiger partial charge in [-0.2, -0.15) is 0 Å². The lowest BCUT2D eigenvalue weighted by Gasteiger charge is -2.33. The number of hydrogen-bond acceptors (Lipinski definition) is 8. The van der Waals surface area contributed by atoms with Crippen molar-refractivity contribution < 1.29 is 28.7 Å². The summed E-state index contributed by atoms with van der Waals surface area (Å²) in [5.41, 5.74) is 1.24. The zero-order valence-electron chi connectivity index (χ0n) is 24.2. The minimum atomic E-state index is -0.689. The van der Waals surface area contributed by atoms with Crippen molar-refractivity contribution in [1.82, 2.24) is 15.2 Å². The monoisotopic (exact) mass is 571 g/mol. The van der Waals surface area contributed by atoms with Gasteiger partial charge < -0.3 is 19.7 Å². The van der Waals surface area contributed by atoms with Gasteiger partial charge in [0, 0.05) is 43.8 Å². The van der Waals surface area contributed by atoms with Crippen molar-refractivity contribution in [3.8, 4) is 0 Å². The Morgan fingerprint density at radius 3 is 2.35 bits per heavy atom. The number of rotatable bonds is 14. The Hall–Kier alpha value is -3.27. The van der Waals surface area contributed by atoms with Crippen LogP contribution in [0.1, 0.15) is 80.5 Å². The van der Waals surface area contributed by atoms with Crippen LogP contribution in [0.5, 0.6) is 0 Å². The fourth-order valence-corrected chi connectivity index (χ4v) is 5.73. The number of ether oxygens (including phenoxy) is 2. The quantitative estimate of drug-likeness (QED) is 0.330. The highest BCUT2D eigenvalue weighted by atomic mass is 32.1. The van der Waals surface area contributed by atoms with E-state index in [1.165, 1.54) is 25.4 Å². The highest BCUT2D eigenvalue weighted by Crippen LogP contribution is 2.35. The van der Waals surface area contributed by atoms with Crippen LogP contribution < -0.4 is 5.32 Å². The average molecular weight is 572 g/mol. The van der Waals surface area contributed by atoms with Crippen LogP contribution in [-0.2, 0) is 30.3 Å². The standard InChI is InChI=1S/C30H41N3O6S/c1-18(2)25(33(5)29(36)22-12-13-22)16-26(39-20(4)34)28-32-24(17-40-28)27(35)31-23(14-19(3)30(37)38-6)15-21-10-8-7-9-11-21/h7-11,17-19,22-23,25-26H,12-16H2,1-6H3,(H,31,35)/t19-,23+,25?,26+/m0/s1. The number of hydrogen-bond donors (Lipinski definition) is 1. The third kappa shape index (κ3) is 8.87. The highest BCUT2D eigenvalue weighted by molar-refractivity contribution is 7.09. The summed E-state index contributed by atoms with van der Waals surface area (Å²) in [6.45, 7) is 7.19. The minimum absolute atomic E-state index is 0.0827. The highest BCUT2D eigenvalue weighted by Gasteiger charge is 2.37. The van der Waals surface area contributed by atoms with E-state index in [2.05, 4.69) is 10.3 Å². The van der Waals surface area contributed by atoms with Gasteiger partial charge in [-0.05, 0) is 37.2 Å². The van der Waals surface area contributed by atoms with E-state index in [0.29, 0.717) is 24.3 Å². The van der Waals surface area contributed by atoms with Gasteiger partial charge in [0.1, 0.15) is 10.7 Å². The fourth-order valence-electron chi connectivity index (χ4n) is 4.89.